The zero-order chi connectivity index (χ0) is 32.4. The third-order valence-corrected chi connectivity index (χ3v) is 11.2. The van der Waals surface area contributed by atoms with Gasteiger partial charge in [-0.3, -0.25) is 0 Å². The summed E-state index contributed by atoms with van der Waals surface area (Å²) < 4.78 is 8.17. The van der Waals surface area contributed by atoms with Gasteiger partial charge in [0.05, 0.1) is 16.3 Å². The molecule has 3 heterocycles. The van der Waals surface area contributed by atoms with E-state index in [1.165, 1.54) is 31.7 Å². The van der Waals surface area contributed by atoms with E-state index in [-0.39, 0.29) is 5.41 Å². The Morgan fingerprint density at radius 3 is 2.00 bits per heavy atom. The van der Waals surface area contributed by atoms with Crippen LogP contribution in [-0.4, -0.2) is 9.97 Å². The minimum atomic E-state index is -0.170. The molecule has 1 aliphatic carbocycles. The number of hydrogen-bond acceptors (Lipinski definition) is 4. The second-order valence-electron chi connectivity index (χ2n) is 13.5. The molecule has 7 aromatic rings. The normalized spacial score (nSPS) is 16.2. The van der Waals surface area contributed by atoms with Crippen molar-refractivity contribution in [1.29, 1.82) is 0 Å². The van der Waals surface area contributed by atoms with Gasteiger partial charge < -0.3 is 4.74 Å². The predicted octanol–water partition coefficient (Wildman–Crippen LogP) is 11.9. The summed E-state index contributed by atoms with van der Waals surface area (Å²) in [5.74, 6) is 3.17. The van der Waals surface area contributed by atoms with Crippen molar-refractivity contribution < 1.29 is 4.74 Å². The van der Waals surface area contributed by atoms with E-state index in [1.807, 2.05) is 23.5 Å². The number of ether oxygens (including phenoxy) is 1. The standard InChI is InChI=1S/C44H34N2OS/c1-27-23-35-41(42-40(27)33-19-10-11-20-39(33)48-42)47-38-22-21-31(25-34(38)44(35,2)3)30-17-12-18-32(24-30)43-45-36(28-13-6-4-7-14-28)26-37(46-43)29-15-8-5-9-16-29/h4-22,24-27H,23H2,1-3H3. The van der Waals surface area contributed by atoms with Gasteiger partial charge in [0, 0.05) is 32.4 Å². The Hall–Kier alpha value is -5.32. The molecule has 48 heavy (non-hydrogen) atoms. The Kier molecular flexibility index (Phi) is 6.70. The van der Waals surface area contributed by atoms with E-state index >= 15 is 0 Å². The van der Waals surface area contributed by atoms with Gasteiger partial charge in [0.2, 0.25) is 0 Å². The third-order valence-electron chi connectivity index (χ3n) is 10.1. The maximum Gasteiger partial charge on any atom is 0.160 e. The molecule has 0 amide bonds. The molecule has 1 unspecified atom stereocenters. The number of fused-ring (bicyclic) bond motifs is 5. The highest BCUT2D eigenvalue weighted by atomic mass is 32.1. The number of benzene rings is 5. The fourth-order valence-corrected chi connectivity index (χ4v) is 8.83. The van der Waals surface area contributed by atoms with Gasteiger partial charge in [-0.2, -0.15) is 0 Å². The molecular formula is C44H34N2OS. The molecule has 0 saturated heterocycles. The smallest absolute Gasteiger partial charge is 0.160 e. The summed E-state index contributed by atoms with van der Waals surface area (Å²) in [6.07, 6.45) is 0.994. The first-order valence-corrected chi connectivity index (χ1v) is 17.4. The zero-order valence-electron chi connectivity index (χ0n) is 27.2. The average Bonchev–Trinajstić information content (AvgIpc) is 3.54. The summed E-state index contributed by atoms with van der Waals surface area (Å²) in [6, 6.07) is 46.8. The van der Waals surface area contributed by atoms with E-state index in [2.05, 4.69) is 142 Å². The van der Waals surface area contributed by atoms with Crippen molar-refractivity contribution >= 4 is 27.2 Å². The van der Waals surface area contributed by atoms with Gasteiger partial charge >= 0.3 is 0 Å². The van der Waals surface area contributed by atoms with Crippen molar-refractivity contribution in [2.45, 2.75) is 38.5 Å². The van der Waals surface area contributed by atoms with Crippen molar-refractivity contribution in [2.75, 3.05) is 0 Å². The van der Waals surface area contributed by atoms with Gasteiger partial charge in [0.15, 0.2) is 5.82 Å². The Morgan fingerprint density at radius 2 is 1.27 bits per heavy atom. The summed E-state index contributed by atoms with van der Waals surface area (Å²) in [7, 11) is 0. The predicted molar refractivity (Wildman–Crippen MR) is 199 cm³/mol. The second kappa shape index (κ2) is 11.1. The van der Waals surface area contributed by atoms with Crippen molar-refractivity contribution in [3.63, 3.8) is 0 Å². The van der Waals surface area contributed by atoms with Crippen LogP contribution in [0.1, 0.15) is 49.1 Å². The molecule has 4 heteroatoms. The number of aromatic nitrogens is 2. The highest BCUT2D eigenvalue weighted by Crippen LogP contribution is 2.56. The monoisotopic (exact) mass is 638 g/mol. The van der Waals surface area contributed by atoms with Crippen molar-refractivity contribution in [2.24, 2.45) is 0 Å². The SMILES string of the molecule is CC1CC2=C(Oc3ccc(-c4cccc(-c5nc(-c6ccccc6)cc(-c6ccccc6)n5)c4)cc3C2(C)C)c2sc3ccccc3c21. The second-order valence-corrected chi connectivity index (χ2v) is 14.5. The summed E-state index contributed by atoms with van der Waals surface area (Å²) in [4.78, 5) is 11.5. The molecule has 1 atom stereocenters. The Balaban J connectivity index is 1.12. The van der Waals surface area contributed by atoms with Crippen molar-refractivity contribution in [1.82, 2.24) is 9.97 Å². The largest absolute Gasteiger partial charge is 0.456 e. The van der Waals surface area contributed by atoms with Crippen LogP contribution in [0, 0.1) is 0 Å². The first-order chi connectivity index (χ1) is 23.4. The van der Waals surface area contributed by atoms with E-state index in [0.717, 1.165) is 57.1 Å². The van der Waals surface area contributed by atoms with Gasteiger partial charge in [-0.15, -0.1) is 11.3 Å². The third kappa shape index (κ3) is 4.70. The summed E-state index contributed by atoms with van der Waals surface area (Å²) in [5, 5.41) is 1.37. The lowest BCUT2D eigenvalue weighted by atomic mass is 9.69. The lowest BCUT2D eigenvalue weighted by Gasteiger charge is -2.40. The Morgan fingerprint density at radius 1 is 0.646 bits per heavy atom. The molecule has 9 rings (SSSR count). The molecule has 232 valence electrons. The fourth-order valence-electron chi connectivity index (χ4n) is 7.50. The van der Waals surface area contributed by atoms with E-state index in [4.69, 9.17) is 14.7 Å². The highest BCUT2D eigenvalue weighted by molar-refractivity contribution is 7.20. The van der Waals surface area contributed by atoms with Gasteiger partial charge in [-0.25, -0.2) is 9.97 Å². The van der Waals surface area contributed by atoms with Gasteiger partial charge in [-0.05, 0) is 70.3 Å². The topological polar surface area (TPSA) is 35.0 Å². The van der Waals surface area contributed by atoms with Crippen LogP contribution in [0.2, 0.25) is 0 Å². The summed E-state index contributed by atoms with van der Waals surface area (Å²) in [6.45, 7) is 7.10. The Bertz CT molecular complexity index is 2330. The van der Waals surface area contributed by atoms with Gasteiger partial charge in [0.25, 0.3) is 0 Å². The van der Waals surface area contributed by atoms with Gasteiger partial charge in [-0.1, -0.05) is 124 Å². The van der Waals surface area contributed by atoms with E-state index in [0.29, 0.717) is 11.7 Å². The number of allylic oxidation sites excluding steroid dienone is 1. The van der Waals surface area contributed by atoms with Crippen molar-refractivity contribution in [3.05, 3.63) is 155 Å². The minimum Gasteiger partial charge on any atom is -0.456 e. The molecule has 0 radical (unpaired) electrons. The van der Waals surface area contributed by atoms with Crippen LogP contribution in [0.15, 0.2) is 139 Å². The molecule has 3 nitrogen and oxygen atoms in total. The molecular weight excluding hydrogens is 605 g/mol. The summed E-state index contributed by atoms with van der Waals surface area (Å²) >= 11 is 1.87. The molecule has 0 saturated carbocycles. The maximum absolute atomic E-state index is 6.84. The van der Waals surface area contributed by atoms with Crippen LogP contribution in [0.25, 0.3) is 60.9 Å². The summed E-state index contributed by atoms with van der Waals surface area (Å²) in [5.41, 5.74) is 11.1. The molecule has 0 N–H and O–H groups in total. The van der Waals surface area contributed by atoms with Crippen LogP contribution in [0.4, 0.5) is 0 Å². The molecule has 1 aliphatic heterocycles. The van der Waals surface area contributed by atoms with E-state index in [1.54, 1.807) is 0 Å². The Labute approximate surface area is 285 Å². The molecule has 2 aliphatic rings. The number of rotatable bonds is 4. The molecule has 5 aromatic carbocycles. The lowest BCUT2D eigenvalue weighted by molar-refractivity contribution is 0.423. The average molecular weight is 639 g/mol. The zero-order valence-corrected chi connectivity index (χ0v) is 28.0. The van der Waals surface area contributed by atoms with Crippen LogP contribution >= 0.6 is 11.3 Å². The van der Waals surface area contributed by atoms with Crippen molar-refractivity contribution in [3.8, 4) is 50.8 Å². The van der Waals surface area contributed by atoms with Crippen LogP contribution in [-0.2, 0) is 5.41 Å². The quantitative estimate of drug-likeness (QED) is 0.192. The van der Waals surface area contributed by atoms with Crippen LogP contribution in [0.3, 0.4) is 0 Å². The number of hydrogen-bond donors (Lipinski definition) is 0. The maximum atomic E-state index is 6.84. The first kappa shape index (κ1) is 28.9. The van der Waals surface area contributed by atoms with Gasteiger partial charge in [0.1, 0.15) is 11.5 Å². The minimum absolute atomic E-state index is 0.170. The lowest BCUT2D eigenvalue weighted by Crippen LogP contribution is -2.30. The van der Waals surface area contributed by atoms with Crippen LogP contribution < -0.4 is 4.74 Å². The molecule has 0 fully saturated rings. The van der Waals surface area contributed by atoms with E-state index < -0.39 is 0 Å². The van der Waals surface area contributed by atoms with E-state index in [9.17, 15) is 0 Å². The molecule has 2 aromatic heterocycles. The molecule has 0 spiro atoms. The number of thiophene rings is 1. The van der Waals surface area contributed by atoms with Crippen LogP contribution in [0.5, 0.6) is 5.75 Å². The fraction of sp³-hybridized carbons (Fsp3) is 0.136. The highest BCUT2D eigenvalue weighted by Gasteiger charge is 2.42. The molecule has 0 bridgehead atoms. The number of nitrogens with zero attached hydrogens (tertiary/aromatic N) is 2. The first-order valence-electron chi connectivity index (χ1n) is 16.6.